The number of carbonyl (C=O) groups excluding carboxylic acids is 1. The molecule has 2 unspecified atom stereocenters. The van der Waals surface area contributed by atoms with Crippen molar-refractivity contribution in [3.05, 3.63) is 64.7 Å². The van der Waals surface area contributed by atoms with Crippen LogP contribution in [0.4, 0.5) is 0 Å². The van der Waals surface area contributed by atoms with Crippen LogP contribution in [0, 0.1) is 11.8 Å². The second-order valence-corrected chi connectivity index (χ2v) is 10.3. The Hall–Kier alpha value is -2.29. The first-order valence-electron chi connectivity index (χ1n) is 12.7. The van der Waals surface area contributed by atoms with Gasteiger partial charge in [0.15, 0.2) is 0 Å². The number of ether oxygens (including phenoxy) is 1. The first kappa shape index (κ1) is 21.6. The summed E-state index contributed by atoms with van der Waals surface area (Å²) in [6.45, 7) is 0. The molecule has 3 heteroatoms. The van der Waals surface area contributed by atoms with Crippen LogP contribution in [0.5, 0.6) is 5.75 Å². The van der Waals surface area contributed by atoms with Crippen molar-refractivity contribution in [2.24, 2.45) is 11.8 Å². The number of methoxy groups -OCH3 is 1. The number of benzene rings is 2. The maximum absolute atomic E-state index is 12.3. The zero-order valence-corrected chi connectivity index (χ0v) is 19.4. The fourth-order valence-corrected chi connectivity index (χ4v) is 6.02. The summed E-state index contributed by atoms with van der Waals surface area (Å²) in [6.07, 6.45) is 12.9. The number of hydrogen-bond acceptors (Lipinski definition) is 2. The number of hydrogen-bond donors (Lipinski definition) is 1. The van der Waals surface area contributed by atoms with E-state index in [2.05, 4.69) is 41.7 Å². The molecule has 2 fully saturated rings. The van der Waals surface area contributed by atoms with Gasteiger partial charge in [-0.2, -0.15) is 0 Å². The van der Waals surface area contributed by atoms with Crippen LogP contribution in [-0.4, -0.2) is 19.1 Å². The van der Waals surface area contributed by atoms with Crippen molar-refractivity contribution in [3.8, 4) is 5.75 Å². The molecular weight excluding hydrogens is 394 g/mol. The van der Waals surface area contributed by atoms with Gasteiger partial charge >= 0.3 is 0 Å². The smallest absolute Gasteiger partial charge is 0.223 e. The van der Waals surface area contributed by atoms with E-state index in [0.717, 1.165) is 43.8 Å². The lowest BCUT2D eigenvalue weighted by molar-refractivity contribution is -0.128. The normalized spacial score (nSPS) is 25.1. The van der Waals surface area contributed by atoms with Gasteiger partial charge in [-0.25, -0.2) is 0 Å². The van der Waals surface area contributed by atoms with Crippen molar-refractivity contribution < 1.29 is 9.53 Å². The van der Waals surface area contributed by atoms with Crippen LogP contribution >= 0.6 is 0 Å². The molecule has 3 aliphatic rings. The predicted molar refractivity (Wildman–Crippen MR) is 129 cm³/mol. The topological polar surface area (TPSA) is 38.3 Å². The monoisotopic (exact) mass is 431 g/mol. The number of rotatable bonds is 7. The van der Waals surface area contributed by atoms with Crippen LogP contribution in [-0.2, 0) is 24.1 Å². The lowest BCUT2D eigenvalue weighted by Gasteiger charge is -2.27. The summed E-state index contributed by atoms with van der Waals surface area (Å²) >= 11 is 0. The largest absolute Gasteiger partial charge is 0.496 e. The number of para-hydroxylation sites is 1. The van der Waals surface area contributed by atoms with Crippen molar-refractivity contribution in [1.82, 2.24) is 5.32 Å². The van der Waals surface area contributed by atoms with Gasteiger partial charge in [0.05, 0.1) is 7.11 Å². The lowest BCUT2D eigenvalue weighted by Crippen LogP contribution is -2.39. The average Bonchev–Trinajstić information content (AvgIpc) is 3.24. The van der Waals surface area contributed by atoms with E-state index in [4.69, 9.17) is 4.74 Å². The molecule has 3 aliphatic carbocycles. The van der Waals surface area contributed by atoms with E-state index >= 15 is 0 Å². The van der Waals surface area contributed by atoms with Crippen LogP contribution in [0.3, 0.4) is 0 Å². The van der Waals surface area contributed by atoms with E-state index in [-0.39, 0.29) is 0 Å². The minimum absolute atomic E-state index is 0.300. The van der Waals surface area contributed by atoms with Crippen LogP contribution < -0.4 is 10.1 Å². The van der Waals surface area contributed by atoms with E-state index in [1.165, 1.54) is 49.7 Å². The Morgan fingerprint density at radius 1 is 1.03 bits per heavy atom. The molecular formula is C29H37NO2. The van der Waals surface area contributed by atoms with Gasteiger partial charge in [0.1, 0.15) is 5.75 Å². The maximum atomic E-state index is 12.3. The Kier molecular flexibility index (Phi) is 6.52. The quantitative estimate of drug-likeness (QED) is 0.585. The number of nitrogens with one attached hydrogen (secondary N) is 1. The second-order valence-electron chi connectivity index (χ2n) is 10.3. The first-order chi connectivity index (χ1) is 15.7. The molecule has 0 saturated heterocycles. The van der Waals surface area contributed by atoms with E-state index < -0.39 is 0 Å². The Labute approximate surface area is 192 Å². The molecule has 0 heterocycles. The van der Waals surface area contributed by atoms with E-state index in [0.29, 0.717) is 23.8 Å². The van der Waals surface area contributed by atoms with Crippen molar-refractivity contribution in [3.63, 3.8) is 0 Å². The van der Waals surface area contributed by atoms with Crippen LogP contribution in [0.2, 0.25) is 0 Å². The number of fused-ring (bicyclic) bond motifs is 1. The molecule has 3 atom stereocenters. The Bertz CT molecular complexity index is 948. The van der Waals surface area contributed by atoms with Gasteiger partial charge in [-0.1, -0.05) is 42.8 Å². The molecule has 0 bridgehead atoms. The molecule has 0 spiro atoms. The molecule has 1 amide bonds. The second kappa shape index (κ2) is 9.68. The summed E-state index contributed by atoms with van der Waals surface area (Å²) in [6, 6.07) is 16.1. The molecule has 2 aromatic rings. The Morgan fingerprint density at radius 2 is 1.91 bits per heavy atom. The average molecular weight is 432 g/mol. The van der Waals surface area contributed by atoms with Gasteiger partial charge < -0.3 is 10.1 Å². The number of aryl methyl sites for hydroxylation is 2. The maximum Gasteiger partial charge on any atom is 0.223 e. The van der Waals surface area contributed by atoms with E-state index in [9.17, 15) is 4.79 Å². The third-order valence-electron chi connectivity index (χ3n) is 8.30. The van der Waals surface area contributed by atoms with Crippen molar-refractivity contribution in [2.75, 3.05) is 7.11 Å². The molecule has 1 N–H and O–H groups in total. The van der Waals surface area contributed by atoms with E-state index in [1.54, 1.807) is 18.2 Å². The number of carbonyl (C=O) groups is 1. The van der Waals surface area contributed by atoms with Crippen LogP contribution in [0.15, 0.2) is 42.5 Å². The highest BCUT2D eigenvalue weighted by Crippen LogP contribution is 2.38. The predicted octanol–water partition coefficient (Wildman–Crippen LogP) is 5.99. The van der Waals surface area contributed by atoms with Crippen molar-refractivity contribution in [1.29, 1.82) is 0 Å². The molecule has 0 aliphatic heterocycles. The highest BCUT2D eigenvalue weighted by Gasteiger charge is 2.31. The number of amides is 1. The summed E-state index contributed by atoms with van der Waals surface area (Å²) in [7, 11) is 1.77. The molecule has 0 aromatic heterocycles. The molecule has 2 aromatic carbocycles. The van der Waals surface area contributed by atoms with Gasteiger partial charge in [0.2, 0.25) is 5.91 Å². The Morgan fingerprint density at radius 3 is 2.72 bits per heavy atom. The summed E-state index contributed by atoms with van der Waals surface area (Å²) in [5.41, 5.74) is 5.95. The Balaban J connectivity index is 1.15. The third kappa shape index (κ3) is 4.72. The fraction of sp³-hybridized carbons (Fsp3) is 0.552. The van der Waals surface area contributed by atoms with Crippen molar-refractivity contribution >= 4 is 5.91 Å². The summed E-state index contributed by atoms with van der Waals surface area (Å²) in [5.74, 6) is 3.00. The first-order valence-corrected chi connectivity index (χ1v) is 12.7. The third-order valence-corrected chi connectivity index (χ3v) is 8.30. The molecule has 5 rings (SSSR count). The molecule has 0 radical (unpaired) electrons. The zero-order valence-electron chi connectivity index (χ0n) is 19.4. The van der Waals surface area contributed by atoms with Crippen LogP contribution in [0.1, 0.15) is 79.5 Å². The molecule has 2 saturated carbocycles. The highest BCUT2D eigenvalue weighted by molar-refractivity contribution is 5.79. The lowest BCUT2D eigenvalue weighted by atomic mass is 9.79. The summed E-state index contributed by atoms with van der Waals surface area (Å²) in [5, 5.41) is 3.34. The minimum atomic E-state index is 0.300. The minimum Gasteiger partial charge on any atom is -0.496 e. The van der Waals surface area contributed by atoms with Crippen LogP contribution in [0.25, 0.3) is 0 Å². The van der Waals surface area contributed by atoms with Gasteiger partial charge in [-0.05, 0) is 104 Å². The van der Waals surface area contributed by atoms with Gasteiger partial charge in [0, 0.05) is 12.0 Å². The van der Waals surface area contributed by atoms with Gasteiger partial charge in [0.25, 0.3) is 0 Å². The fourth-order valence-electron chi connectivity index (χ4n) is 6.02. The van der Waals surface area contributed by atoms with Gasteiger partial charge in [-0.15, -0.1) is 0 Å². The molecule has 32 heavy (non-hydrogen) atoms. The van der Waals surface area contributed by atoms with Gasteiger partial charge in [-0.3, -0.25) is 4.79 Å². The highest BCUT2D eigenvalue weighted by atomic mass is 16.5. The summed E-state index contributed by atoms with van der Waals surface area (Å²) in [4.78, 5) is 12.3. The molecule has 170 valence electrons. The zero-order chi connectivity index (χ0) is 21.9. The standard InChI is InChI=1S/C29H37NO2/c1-32-28-8-3-2-5-21(28)11-9-20-10-12-24-18-25(14-13-23(24)17-20)26-15-16-27(19-26)30-29(31)22-6-4-7-22/h2-3,5,8,13-14,18,20,22,26-27H,4,6-7,9-12,15-17,19H2,1H3,(H,30,31)/t20?,26-,27?/m1/s1. The van der Waals surface area contributed by atoms with E-state index in [1.807, 2.05) is 6.07 Å². The van der Waals surface area contributed by atoms with Crippen molar-refractivity contribution in [2.45, 2.75) is 82.6 Å². The molecule has 3 nitrogen and oxygen atoms in total. The SMILES string of the molecule is COc1ccccc1CCC1CCc2cc([C@@H]3CCC(NC(=O)C4CCC4)C3)ccc2C1. The summed E-state index contributed by atoms with van der Waals surface area (Å²) < 4.78 is 5.53.